The molecule has 0 aliphatic carbocycles. The predicted octanol–water partition coefficient (Wildman–Crippen LogP) is -5.42. The number of thiol groups is 3. The zero-order valence-corrected chi connectivity index (χ0v) is 45.7. The molecule has 0 aromatic heterocycles. The largest absolute Gasteiger partial charge is 0.480 e. The topological polar surface area (TPSA) is 489 Å². The number of nitrogens with zero attached hydrogens (tertiary/aromatic N) is 3. The molecule has 0 radical (unpaired) electrons. The van der Waals surface area contributed by atoms with Crippen molar-refractivity contribution in [2.24, 2.45) is 72.9 Å². The summed E-state index contributed by atoms with van der Waals surface area (Å²) in [6.07, 6.45) is 0.832. The van der Waals surface area contributed by atoms with Crippen molar-refractivity contribution in [3.63, 3.8) is 0 Å². The number of carboxylic acids is 1. The van der Waals surface area contributed by atoms with Crippen molar-refractivity contribution in [1.82, 2.24) is 42.5 Å². The van der Waals surface area contributed by atoms with Crippen LogP contribution >= 0.6 is 37.9 Å². The molecule has 0 aliphatic rings. The maximum absolute atomic E-state index is 14.2. The summed E-state index contributed by atoms with van der Waals surface area (Å²) in [7, 11) is 0. The van der Waals surface area contributed by atoms with Crippen molar-refractivity contribution in [3.05, 3.63) is 0 Å². The van der Waals surface area contributed by atoms with Crippen LogP contribution in [0, 0.1) is 17.8 Å². The Labute approximate surface area is 448 Å². The Kier molecular flexibility index (Phi) is 33.2. The summed E-state index contributed by atoms with van der Waals surface area (Å²) in [5, 5.41) is 30.0. The minimum Gasteiger partial charge on any atom is -0.480 e. The Balaban J connectivity index is 6.54. The van der Waals surface area contributed by atoms with E-state index < -0.39 is 119 Å². The van der Waals surface area contributed by atoms with Gasteiger partial charge in [-0.1, -0.05) is 41.5 Å². The lowest BCUT2D eigenvalue weighted by Gasteiger charge is -2.29. The highest BCUT2D eigenvalue weighted by atomic mass is 32.1. The molecule has 0 unspecified atom stereocenters. The number of carbonyl (C=O) groups excluding carboxylic acids is 8. The second kappa shape index (κ2) is 36.1. The maximum Gasteiger partial charge on any atom is 0.327 e. The van der Waals surface area contributed by atoms with E-state index in [-0.39, 0.29) is 99.2 Å². The normalized spacial score (nSPS) is 14.7. The number of rotatable bonds is 36. The first-order chi connectivity index (χ1) is 34.6. The minimum absolute atomic E-state index is 0.0338. The van der Waals surface area contributed by atoms with Crippen molar-refractivity contribution >= 4 is 109 Å². The van der Waals surface area contributed by atoms with E-state index in [0.717, 1.165) is 0 Å². The second-order valence-corrected chi connectivity index (χ2v) is 19.4. The molecule has 9 atom stereocenters. The summed E-state index contributed by atoms with van der Waals surface area (Å²) in [6, 6.07) is -11.4. The van der Waals surface area contributed by atoms with E-state index in [1.165, 1.54) is 0 Å². The molecule has 8 amide bonds. The molecular formula is C43H82N18O10S3. The Bertz CT molecular complexity index is 1950. The van der Waals surface area contributed by atoms with Crippen molar-refractivity contribution < 1.29 is 48.3 Å². The second-order valence-electron chi connectivity index (χ2n) is 18.3. The van der Waals surface area contributed by atoms with E-state index in [1.54, 1.807) is 41.5 Å². The van der Waals surface area contributed by atoms with E-state index in [0.29, 0.717) is 6.42 Å². The standard InChI is InChI=1S/C43H82N18O10S3/c1-20(2)16-26(56-36(66)27(17-72)57-32(62)23(44)10-7-13-51-41(45)46)35(65)58-28(18-73)37(67)61-30(21(3)4)38(68)55-24(11-8-14-52-42(47)48)33(63)54-25(12-9-15-53-43(49)50)34(64)60-31(22(5)6)39(69)59-29(19-74)40(70)71/h20-31,72-74H,7-19,44H2,1-6H3,(H,54,63)(H,55,68)(H,56,66)(H,57,62)(H,58,65)(H,59,69)(H,60,64)(H,61,67)(H,70,71)(H4,45,46,51)(H4,47,48,52)(H4,49,50,53)/t23-,24-,25-,26-,27-,28-,29-,30-,31-/m0/s1. The van der Waals surface area contributed by atoms with Crippen molar-refractivity contribution in [1.29, 1.82) is 0 Å². The third kappa shape index (κ3) is 27.4. The molecule has 0 rings (SSSR count). The molecule has 23 N–H and O–H groups in total. The fraction of sp³-hybridized carbons (Fsp3) is 0.721. The van der Waals surface area contributed by atoms with Crippen LogP contribution in [0.5, 0.6) is 0 Å². The van der Waals surface area contributed by atoms with Gasteiger partial charge in [-0.25, -0.2) is 4.79 Å². The van der Waals surface area contributed by atoms with Gasteiger partial charge in [0.05, 0.1) is 6.04 Å². The summed E-state index contributed by atoms with van der Waals surface area (Å²) >= 11 is 12.5. The Morgan fingerprint density at radius 1 is 0.419 bits per heavy atom. The van der Waals surface area contributed by atoms with Crippen LogP contribution in [0.1, 0.15) is 86.5 Å². The summed E-state index contributed by atoms with van der Waals surface area (Å²) in [4.78, 5) is 133. The summed E-state index contributed by atoms with van der Waals surface area (Å²) in [6.45, 7) is 10.4. The molecule has 0 aromatic carbocycles. The van der Waals surface area contributed by atoms with Crippen LogP contribution in [0.25, 0.3) is 0 Å². The van der Waals surface area contributed by atoms with Gasteiger partial charge in [-0.2, -0.15) is 37.9 Å². The number of aliphatic carboxylic acids is 1. The Morgan fingerprint density at radius 3 is 1.08 bits per heavy atom. The number of hydrogen-bond donors (Lipinski definition) is 19. The van der Waals surface area contributed by atoms with Gasteiger partial charge in [0, 0.05) is 36.9 Å². The number of hydrogen-bond acceptors (Lipinski definition) is 16. The van der Waals surface area contributed by atoms with Crippen LogP contribution in [0.15, 0.2) is 15.0 Å². The van der Waals surface area contributed by atoms with Gasteiger partial charge in [-0.15, -0.1) is 0 Å². The molecule has 31 heteroatoms. The zero-order valence-electron chi connectivity index (χ0n) is 43.0. The van der Waals surface area contributed by atoms with Crippen LogP contribution < -0.4 is 82.7 Å². The average molecular weight is 1110 g/mol. The van der Waals surface area contributed by atoms with Gasteiger partial charge in [0.1, 0.15) is 48.3 Å². The summed E-state index contributed by atoms with van der Waals surface area (Å²) in [5.41, 5.74) is 38.6. The van der Waals surface area contributed by atoms with Gasteiger partial charge in [0.15, 0.2) is 17.9 Å². The fourth-order valence-corrected chi connectivity index (χ4v) is 7.43. The summed E-state index contributed by atoms with van der Waals surface area (Å²) in [5.74, 6) is -10.2. The number of aliphatic imine (C=N–C) groups is 3. The third-order valence-corrected chi connectivity index (χ3v) is 11.8. The van der Waals surface area contributed by atoms with Crippen LogP contribution in [-0.4, -0.2) is 167 Å². The van der Waals surface area contributed by atoms with Crippen molar-refractivity contribution in [3.8, 4) is 0 Å². The first-order valence-electron chi connectivity index (χ1n) is 24.0. The monoisotopic (exact) mass is 1110 g/mol. The molecule has 0 heterocycles. The average Bonchev–Trinajstić information content (AvgIpc) is 3.31. The van der Waals surface area contributed by atoms with E-state index in [4.69, 9.17) is 40.1 Å². The highest BCUT2D eigenvalue weighted by molar-refractivity contribution is 7.80. The van der Waals surface area contributed by atoms with Crippen LogP contribution in [0.4, 0.5) is 0 Å². The Hall–Kier alpha value is -5.95. The molecule has 0 saturated heterocycles. The lowest BCUT2D eigenvalue weighted by molar-refractivity contribution is -0.142. The Morgan fingerprint density at radius 2 is 0.716 bits per heavy atom. The molecule has 0 aliphatic heterocycles. The third-order valence-electron chi connectivity index (χ3n) is 10.7. The van der Waals surface area contributed by atoms with E-state index in [1.807, 2.05) is 0 Å². The van der Waals surface area contributed by atoms with Crippen LogP contribution in [0.3, 0.4) is 0 Å². The van der Waals surface area contributed by atoms with Crippen LogP contribution in [0.2, 0.25) is 0 Å². The quantitative estimate of drug-likeness (QED) is 0.0121. The number of nitrogens with one attached hydrogen (secondary N) is 8. The lowest BCUT2D eigenvalue weighted by Crippen LogP contribution is -2.61. The molecule has 0 bridgehead atoms. The first-order valence-corrected chi connectivity index (χ1v) is 25.9. The van der Waals surface area contributed by atoms with Gasteiger partial charge in [-0.3, -0.25) is 53.3 Å². The SMILES string of the molecule is CC(C)C[C@H](NC(=O)[C@H](CS)NC(=O)[C@@H](N)CCCN=C(N)N)C(=O)N[C@@H](CS)C(=O)N[C@H](C(=O)N[C@@H](CCCN=C(N)N)C(=O)N[C@@H](CCCN=C(N)N)C(=O)N[C@H](C(=O)N[C@@H](CS)C(=O)O)C(C)C)C(C)C. The zero-order chi connectivity index (χ0) is 56.8. The van der Waals surface area contributed by atoms with Crippen molar-refractivity contribution in [2.45, 2.75) is 141 Å². The smallest absolute Gasteiger partial charge is 0.327 e. The predicted molar refractivity (Wildman–Crippen MR) is 291 cm³/mol. The first kappa shape index (κ1) is 68.0. The molecule has 0 saturated carbocycles. The number of guanidine groups is 3. The lowest BCUT2D eigenvalue weighted by atomic mass is 10.0. The van der Waals surface area contributed by atoms with Gasteiger partial charge < -0.3 is 87.8 Å². The highest BCUT2D eigenvalue weighted by Crippen LogP contribution is 2.11. The number of carbonyl (C=O) groups is 9. The molecule has 74 heavy (non-hydrogen) atoms. The molecule has 28 nitrogen and oxygen atoms in total. The molecule has 422 valence electrons. The molecule has 0 aromatic rings. The molecular weight excluding hydrogens is 1020 g/mol. The summed E-state index contributed by atoms with van der Waals surface area (Å²) < 4.78 is 0. The van der Waals surface area contributed by atoms with E-state index in [2.05, 4.69) is 95.4 Å². The molecule has 0 spiro atoms. The number of carboxylic acid groups (broad SMARTS) is 1. The van der Waals surface area contributed by atoms with E-state index >= 15 is 0 Å². The van der Waals surface area contributed by atoms with Gasteiger partial charge in [-0.05, 0) is 62.7 Å². The van der Waals surface area contributed by atoms with Gasteiger partial charge in [0.2, 0.25) is 47.3 Å². The van der Waals surface area contributed by atoms with Crippen LogP contribution in [-0.2, 0) is 43.2 Å². The highest BCUT2D eigenvalue weighted by Gasteiger charge is 2.36. The van der Waals surface area contributed by atoms with Gasteiger partial charge >= 0.3 is 5.97 Å². The number of amides is 8. The molecule has 0 fully saturated rings. The van der Waals surface area contributed by atoms with E-state index in [9.17, 15) is 48.3 Å². The number of nitrogens with two attached hydrogens (primary N) is 7. The fourth-order valence-electron chi connectivity index (χ4n) is 6.67. The van der Waals surface area contributed by atoms with Gasteiger partial charge in [0.25, 0.3) is 0 Å². The maximum atomic E-state index is 14.2. The minimum atomic E-state index is -1.38. The van der Waals surface area contributed by atoms with Crippen molar-refractivity contribution in [2.75, 3.05) is 36.9 Å².